The lowest BCUT2D eigenvalue weighted by atomic mass is 9.88. The van der Waals surface area contributed by atoms with Gasteiger partial charge < -0.3 is 9.90 Å². The molecule has 0 radical (unpaired) electrons. The normalized spacial score (nSPS) is 11.4. The van der Waals surface area contributed by atoms with Crippen LogP contribution in [0.4, 0.5) is 13.2 Å². The molecule has 0 spiro atoms. The Morgan fingerprint density at radius 2 is 0.732 bits per heavy atom. The van der Waals surface area contributed by atoms with Gasteiger partial charge in [-0.1, -0.05) is 164 Å². The lowest BCUT2D eigenvalue weighted by molar-refractivity contribution is -0.344. The second kappa shape index (κ2) is 15.6. The van der Waals surface area contributed by atoms with Gasteiger partial charge in [-0.05, 0) is 91.0 Å². The van der Waals surface area contributed by atoms with Crippen LogP contribution >= 0.6 is 0 Å². The van der Waals surface area contributed by atoms with Crippen LogP contribution in [-0.4, -0.2) is 12.1 Å². The van der Waals surface area contributed by atoms with Crippen molar-refractivity contribution in [1.29, 1.82) is 0 Å². The summed E-state index contributed by atoms with van der Waals surface area (Å²) in [5.41, 5.74) is 7.49. The van der Waals surface area contributed by atoms with E-state index in [-0.39, 0.29) is 0 Å². The number of carboxylic acid groups (broad SMARTS) is 1. The molecule has 272 valence electrons. The van der Waals surface area contributed by atoms with Crippen LogP contribution in [0.25, 0.3) is 65.7 Å². The molecule has 0 amide bonds. The summed E-state index contributed by atoms with van der Waals surface area (Å²) >= 11 is 0. The molecule has 0 saturated carbocycles. The summed E-state index contributed by atoms with van der Waals surface area (Å²) in [6, 6.07) is 73.7. The molecule has 6 heteroatoms. The van der Waals surface area contributed by atoms with Crippen LogP contribution < -0.4 is 5.11 Å². The Morgan fingerprint density at radius 1 is 0.411 bits per heavy atom. The quantitative estimate of drug-likeness (QED) is 0.159. The number of benzene rings is 9. The molecule has 2 nitrogen and oxygen atoms in total. The summed E-state index contributed by atoms with van der Waals surface area (Å²) < 4.78 is 31.5. The minimum absolute atomic E-state index is 0.416. The van der Waals surface area contributed by atoms with E-state index >= 15 is 0 Å². The summed E-state index contributed by atoms with van der Waals surface area (Å²) in [4.78, 5) is 12.7. The molecule has 0 aliphatic carbocycles. The Bertz CT molecular complexity index is 2680. The maximum atomic E-state index is 10.5. The molecule has 0 atom stereocenters. The summed E-state index contributed by atoms with van der Waals surface area (Å²) in [6.45, 7) is 0. The number of alkyl halides is 3. The number of halogens is 3. The first-order valence-corrected chi connectivity index (χ1v) is 19.3. The van der Waals surface area contributed by atoms with Gasteiger partial charge in [-0.3, -0.25) is 0 Å². The van der Waals surface area contributed by atoms with Crippen LogP contribution in [-0.2, 0) is 15.7 Å². The minimum Gasteiger partial charge on any atom is -0.542 e. The summed E-state index contributed by atoms with van der Waals surface area (Å²) in [7, 11) is -0.416. The Kier molecular flexibility index (Phi) is 10.1. The fourth-order valence-corrected chi connectivity index (χ4v) is 9.67. The standard InChI is InChI=1S/C48H33S.C2HF3O2/c1-3-22-38(23-4-1)49(39-24-5-2-6-25-39)48-46(44-30-14-20-35-17-8-11-27-41(35)44)32-37(43-29-13-19-34-16-7-10-26-40(34)43)33-47(48)45-31-15-21-36-18-9-12-28-42(36)45;3-2(4,5)1(6)7/h1-33H;(H,6,7)/q+1;/p-1. The average molecular weight is 755 g/mol. The average Bonchev–Trinajstić information content (AvgIpc) is 3.24. The highest BCUT2D eigenvalue weighted by atomic mass is 32.2. The van der Waals surface area contributed by atoms with Crippen LogP contribution in [0, 0.1) is 0 Å². The monoisotopic (exact) mass is 754 g/mol. The van der Waals surface area contributed by atoms with Crippen molar-refractivity contribution < 1.29 is 23.1 Å². The first-order valence-electron chi connectivity index (χ1n) is 18.0. The van der Waals surface area contributed by atoms with Gasteiger partial charge in [-0.15, -0.1) is 0 Å². The Hall–Kier alpha value is -6.63. The van der Waals surface area contributed by atoms with Gasteiger partial charge in [0.1, 0.15) is 16.9 Å². The molecule has 0 N–H and O–H groups in total. The lowest BCUT2D eigenvalue weighted by Gasteiger charge is -2.21. The van der Waals surface area contributed by atoms with E-state index in [9.17, 15) is 13.2 Å². The number of rotatable bonds is 6. The van der Waals surface area contributed by atoms with Crippen LogP contribution in [0.15, 0.2) is 215 Å². The molecule has 0 heterocycles. The maximum absolute atomic E-state index is 10.5. The Labute approximate surface area is 325 Å². The highest BCUT2D eigenvalue weighted by molar-refractivity contribution is 7.97. The van der Waals surface area contributed by atoms with Crippen molar-refractivity contribution in [2.45, 2.75) is 20.9 Å². The zero-order chi connectivity index (χ0) is 38.6. The smallest absolute Gasteiger partial charge is 0.430 e. The van der Waals surface area contributed by atoms with Crippen LogP contribution in [0.5, 0.6) is 0 Å². The number of hydrogen-bond acceptors (Lipinski definition) is 2. The van der Waals surface area contributed by atoms with Crippen molar-refractivity contribution in [3.05, 3.63) is 200 Å². The molecule has 0 aliphatic rings. The number of aliphatic carboxylic acids is 1. The summed E-state index contributed by atoms with van der Waals surface area (Å²) in [5, 5.41) is 16.3. The SMILES string of the molecule is O=C([O-])C(F)(F)F.c1ccc([S+](c2ccccc2)c2c(-c3cccc4ccccc34)cc(-c3cccc4ccccc34)cc2-c2cccc3ccccc23)cc1. The molecule has 9 aromatic rings. The van der Waals surface area contributed by atoms with E-state index in [1.54, 1.807) is 0 Å². The van der Waals surface area contributed by atoms with Crippen LogP contribution in [0.2, 0.25) is 0 Å². The Balaban J connectivity index is 0.000000579. The molecule has 0 bridgehead atoms. The van der Waals surface area contributed by atoms with Crippen molar-refractivity contribution in [2.24, 2.45) is 0 Å². The fourth-order valence-electron chi connectivity index (χ4n) is 7.29. The van der Waals surface area contributed by atoms with E-state index in [1.165, 1.54) is 80.4 Å². The van der Waals surface area contributed by atoms with Gasteiger partial charge in [0.2, 0.25) is 0 Å². The van der Waals surface area contributed by atoms with E-state index in [2.05, 4.69) is 200 Å². The maximum Gasteiger partial charge on any atom is 0.430 e. The third-order valence-electron chi connectivity index (χ3n) is 9.74. The van der Waals surface area contributed by atoms with Gasteiger partial charge in [0.05, 0.1) is 0 Å². The lowest BCUT2D eigenvalue weighted by Crippen LogP contribution is -2.37. The van der Waals surface area contributed by atoms with Crippen molar-refractivity contribution in [2.75, 3.05) is 0 Å². The van der Waals surface area contributed by atoms with Gasteiger partial charge in [-0.25, -0.2) is 0 Å². The molecule has 56 heavy (non-hydrogen) atoms. The zero-order valence-electron chi connectivity index (χ0n) is 29.9. The predicted octanol–water partition coefficient (Wildman–Crippen LogP) is 12.5. The number of carbonyl (C=O) groups is 1. The first kappa shape index (κ1) is 36.4. The van der Waals surface area contributed by atoms with E-state index < -0.39 is 23.0 Å². The third-order valence-corrected chi connectivity index (χ3v) is 12.1. The molecule has 0 saturated heterocycles. The molecule has 0 unspecified atom stereocenters. The van der Waals surface area contributed by atoms with Crippen LogP contribution in [0.3, 0.4) is 0 Å². The Morgan fingerprint density at radius 3 is 1.12 bits per heavy atom. The van der Waals surface area contributed by atoms with Crippen molar-refractivity contribution in [3.8, 4) is 33.4 Å². The summed E-state index contributed by atoms with van der Waals surface area (Å²) in [5.74, 6) is -3.01. The molecule has 0 aliphatic heterocycles. The number of fused-ring (bicyclic) bond motifs is 3. The number of hydrogen-bond donors (Lipinski definition) is 0. The minimum atomic E-state index is -5.19. The van der Waals surface area contributed by atoms with E-state index in [4.69, 9.17) is 9.90 Å². The molecule has 9 aromatic carbocycles. The number of carboxylic acids is 1. The van der Waals surface area contributed by atoms with Gasteiger partial charge in [-0.2, -0.15) is 13.2 Å². The summed E-state index contributed by atoms with van der Waals surface area (Å²) in [6.07, 6.45) is -5.19. The molecule has 0 aromatic heterocycles. The second-order valence-electron chi connectivity index (χ2n) is 13.2. The van der Waals surface area contributed by atoms with Gasteiger partial charge in [0, 0.05) is 11.1 Å². The van der Waals surface area contributed by atoms with E-state index in [0.717, 1.165) is 0 Å². The van der Waals surface area contributed by atoms with Crippen molar-refractivity contribution >= 4 is 49.2 Å². The molecule has 0 fully saturated rings. The number of carbonyl (C=O) groups excluding carboxylic acids is 1. The zero-order valence-corrected chi connectivity index (χ0v) is 30.7. The highest BCUT2D eigenvalue weighted by Gasteiger charge is 2.36. The van der Waals surface area contributed by atoms with Crippen molar-refractivity contribution in [3.63, 3.8) is 0 Å². The molecular weight excluding hydrogens is 722 g/mol. The van der Waals surface area contributed by atoms with Gasteiger partial charge in [0.25, 0.3) is 0 Å². The first-order chi connectivity index (χ1) is 27.3. The highest BCUT2D eigenvalue weighted by Crippen LogP contribution is 2.48. The van der Waals surface area contributed by atoms with Gasteiger partial charge >= 0.3 is 6.18 Å². The third kappa shape index (κ3) is 7.27. The van der Waals surface area contributed by atoms with Crippen LogP contribution in [0.1, 0.15) is 0 Å². The molecule has 9 rings (SSSR count). The van der Waals surface area contributed by atoms with E-state index in [0.29, 0.717) is 0 Å². The molecular formula is C50H33F3O2S. The second-order valence-corrected chi connectivity index (χ2v) is 15.2. The fraction of sp³-hybridized carbons (Fsp3) is 0.0200. The largest absolute Gasteiger partial charge is 0.542 e. The van der Waals surface area contributed by atoms with Gasteiger partial charge in [0.15, 0.2) is 14.7 Å². The van der Waals surface area contributed by atoms with E-state index in [1.807, 2.05) is 0 Å². The topological polar surface area (TPSA) is 40.1 Å². The van der Waals surface area contributed by atoms with Crippen molar-refractivity contribution in [1.82, 2.24) is 0 Å². The predicted molar refractivity (Wildman–Crippen MR) is 221 cm³/mol.